The Morgan fingerprint density at radius 3 is 2.48 bits per heavy atom. The van der Waals surface area contributed by atoms with Crippen LogP contribution < -0.4 is 10.6 Å². The van der Waals surface area contributed by atoms with Gasteiger partial charge < -0.3 is 15.4 Å². The summed E-state index contributed by atoms with van der Waals surface area (Å²) in [5, 5.41) is 5.88. The Balaban J connectivity index is 1.58. The summed E-state index contributed by atoms with van der Waals surface area (Å²) in [6, 6.07) is 16.4. The summed E-state index contributed by atoms with van der Waals surface area (Å²) < 4.78 is 17.7. The molecule has 1 amide bonds. The molecule has 3 aromatic rings. The molecule has 0 aliphatic heterocycles. The summed E-state index contributed by atoms with van der Waals surface area (Å²) in [7, 11) is 1.32. The summed E-state index contributed by atoms with van der Waals surface area (Å²) in [6.07, 6.45) is 2.11. The molecule has 0 fully saturated rings. The topological polar surface area (TPSA) is 80.3 Å². The Morgan fingerprint density at radius 1 is 1.03 bits per heavy atom. The van der Waals surface area contributed by atoms with Crippen molar-refractivity contribution in [2.24, 2.45) is 0 Å². The van der Waals surface area contributed by atoms with Gasteiger partial charge in [-0.2, -0.15) is 0 Å². The second-order valence-corrected chi connectivity index (χ2v) is 6.23. The van der Waals surface area contributed by atoms with Gasteiger partial charge in [0, 0.05) is 6.54 Å². The van der Waals surface area contributed by atoms with Crippen LogP contribution in [0.15, 0.2) is 66.9 Å². The van der Waals surface area contributed by atoms with Crippen LogP contribution in [0.3, 0.4) is 0 Å². The van der Waals surface area contributed by atoms with E-state index in [1.807, 2.05) is 0 Å². The van der Waals surface area contributed by atoms with Crippen LogP contribution in [0, 0.1) is 5.82 Å². The van der Waals surface area contributed by atoms with Gasteiger partial charge in [0.05, 0.1) is 30.2 Å². The molecule has 0 atom stereocenters. The van der Waals surface area contributed by atoms with Crippen molar-refractivity contribution in [3.05, 3.63) is 89.5 Å². The third kappa shape index (κ3) is 5.38. The Hall–Kier alpha value is -3.74. The van der Waals surface area contributed by atoms with Gasteiger partial charge in [-0.15, -0.1) is 0 Å². The summed E-state index contributed by atoms with van der Waals surface area (Å²) >= 11 is 0. The summed E-state index contributed by atoms with van der Waals surface area (Å²) in [6.45, 7) is 0.415. The van der Waals surface area contributed by atoms with Crippen LogP contribution in [-0.4, -0.2) is 30.5 Å². The maximum atomic E-state index is 12.9. The Bertz CT molecular complexity index is 989. The van der Waals surface area contributed by atoms with Gasteiger partial charge in [0.1, 0.15) is 11.5 Å². The van der Waals surface area contributed by atoms with Crippen LogP contribution in [0.5, 0.6) is 0 Å². The number of anilines is 2. The third-order valence-corrected chi connectivity index (χ3v) is 4.22. The average molecular weight is 393 g/mol. The SMILES string of the molecule is COC(=O)c1ccccc1Nc1ccc(C(=O)NCCc2ccc(F)cc2)nc1. The molecular formula is C22H20FN3O3. The minimum absolute atomic E-state index is 0.274. The third-order valence-electron chi connectivity index (χ3n) is 4.22. The van der Waals surface area contributed by atoms with Gasteiger partial charge in [0.25, 0.3) is 5.91 Å². The first-order valence-electron chi connectivity index (χ1n) is 9.00. The second kappa shape index (κ2) is 9.45. The number of methoxy groups -OCH3 is 1. The first-order chi connectivity index (χ1) is 14.1. The van der Waals surface area contributed by atoms with Gasteiger partial charge in [-0.05, 0) is 48.4 Å². The molecule has 1 aromatic heterocycles. The molecule has 0 unspecified atom stereocenters. The van der Waals surface area contributed by atoms with E-state index in [0.29, 0.717) is 29.9 Å². The number of para-hydroxylation sites is 1. The largest absolute Gasteiger partial charge is 0.465 e. The molecule has 0 saturated heterocycles. The maximum absolute atomic E-state index is 12.9. The fourth-order valence-corrected chi connectivity index (χ4v) is 2.70. The molecule has 6 nitrogen and oxygen atoms in total. The molecule has 7 heteroatoms. The lowest BCUT2D eigenvalue weighted by Crippen LogP contribution is -2.26. The standard InChI is InChI=1S/C22H20FN3O3/c1-29-22(28)18-4-2-3-5-19(18)26-17-10-11-20(25-14-17)21(27)24-13-12-15-6-8-16(23)9-7-15/h2-11,14,26H,12-13H2,1H3,(H,24,27). The zero-order chi connectivity index (χ0) is 20.6. The van der Waals surface area contributed by atoms with E-state index in [-0.39, 0.29) is 17.4 Å². The first kappa shape index (κ1) is 20.0. The smallest absolute Gasteiger partial charge is 0.339 e. The number of aromatic nitrogens is 1. The molecule has 0 saturated carbocycles. The van der Waals surface area contributed by atoms with Crippen molar-refractivity contribution in [1.82, 2.24) is 10.3 Å². The van der Waals surface area contributed by atoms with Gasteiger partial charge >= 0.3 is 5.97 Å². The van der Waals surface area contributed by atoms with Gasteiger partial charge in [0.15, 0.2) is 0 Å². The highest BCUT2D eigenvalue weighted by Crippen LogP contribution is 2.21. The molecular weight excluding hydrogens is 373 g/mol. The predicted molar refractivity (Wildman–Crippen MR) is 108 cm³/mol. The average Bonchev–Trinajstić information content (AvgIpc) is 2.75. The molecule has 3 rings (SSSR count). The number of carbonyl (C=O) groups is 2. The lowest BCUT2D eigenvalue weighted by molar-refractivity contribution is 0.0601. The van der Waals surface area contributed by atoms with E-state index >= 15 is 0 Å². The number of nitrogens with one attached hydrogen (secondary N) is 2. The van der Waals surface area contributed by atoms with Crippen molar-refractivity contribution >= 4 is 23.3 Å². The molecule has 0 radical (unpaired) electrons. The predicted octanol–water partition coefficient (Wildman–Crippen LogP) is 3.72. The number of hydrogen-bond acceptors (Lipinski definition) is 5. The van der Waals surface area contributed by atoms with Gasteiger partial charge in [0.2, 0.25) is 0 Å². The molecule has 0 bridgehead atoms. The van der Waals surface area contributed by atoms with E-state index in [4.69, 9.17) is 4.74 Å². The van der Waals surface area contributed by atoms with E-state index in [2.05, 4.69) is 15.6 Å². The molecule has 1 heterocycles. The van der Waals surface area contributed by atoms with E-state index in [9.17, 15) is 14.0 Å². The van der Waals surface area contributed by atoms with Crippen molar-refractivity contribution in [3.8, 4) is 0 Å². The lowest BCUT2D eigenvalue weighted by Gasteiger charge is -2.11. The molecule has 0 spiro atoms. The monoisotopic (exact) mass is 393 g/mol. The number of rotatable bonds is 7. The van der Waals surface area contributed by atoms with Crippen LogP contribution in [0.4, 0.5) is 15.8 Å². The molecule has 148 valence electrons. The molecule has 0 aliphatic carbocycles. The summed E-state index contributed by atoms with van der Waals surface area (Å²) in [5.74, 6) is -1.03. The van der Waals surface area contributed by atoms with Crippen LogP contribution in [0.1, 0.15) is 26.4 Å². The number of ether oxygens (including phenoxy) is 1. The van der Waals surface area contributed by atoms with Crippen LogP contribution >= 0.6 is 0 Å². The van der Waals surface area contributed by atoms with Gasteiger partial charge in [-0.25, -0.2) is 14.2 Å². The molecule has 2 aromatic carbocycles. The fourth-order valence-electron chi connectivity index (χ4n) is 2.70. The number of amides is 1. The number of benzene rings is 2. The van der Waals surface area contributed by atoms with Crippen molar-refractivity contribution in [1.29, 1.82) is 0 Å². The second-order valence-electron chi connectivity index (χ2n) is 6.23. The highest BCUT2D eigenvalue weighted by molar-refractivity contribution is 5.96. The van der Waals surface area contributed by atoms with E-state index in [1.165, 1.54) is 25.4 Å². The molecule has 2 N–H and O–H groups in total. The maximum Gasteiger partial charge on any atom is 0.339 e. The summed E-state index contributed by atoms with van der Waals surface area (Å²) in [5.41, 5.74) is 2.82. The van der Waals surface area contributed by atoms with E-state index in [1.54, 1.807) is 48.5 Å². The fraction of sp³-hybridized carbons (Fsp3) is 0.136. The quantitative estimate of drug-likeness (QED) is 0.598. The number of carbonyl (C=O) groups excluding carboxylic acids is 2. The highest BCUT2D eigenvalue weighted by Gasteiger charge is 2.12. The van der Waals surface area contributed by atoms with Crippen molar-refractivity contribution in [2.45, 2.75) is 6.42 Å². The van der Waals surface area contributed by atoms with Crippen molar-refractivity contribution < 1.29 is 18.7 Å². The van der Waals surface area contributed by atoms with Gasteiger partial charge in [-0.1, -0.05) is 24.3 Å². The number of halogens is 1. The molecule has 29 heavy (non-hydrogen) atoms. The van der Waals surface area contributed by atoms with Crippen molar-refractivity contribution in [3.63, 3.8) is 0 Å². The van der Waals surface area contributed by atoms with Gasteiger partial charge in [-0.3, -0.25) is 4.79 Å². The Kier molecular flexibility index (Phi) is 6.52. The lowest BCUT2D eigenvalue weighted by atomic mass is 10.1. The van der Waals surface area contributed by atoms with E-state index < -0.39 is 5.97 Å². The Morgan fingerprint density at radius 2 is 1.79 bits per heavy atom. The number of hydrogen-bond donors (Lipinski definition) is 2. The number of esters is 1. The zero-order valence-electron chi connectivity index (χ0n) is 15.8. The number of pyridine rings is 1. The summed E-state index contributed by atoms with van der Waals surface area (Å²) in [4.78, 5) is 28.2. The minimum Gasteiger partial charge on any atom is -0.465 e. The highest BCUT2D eigenvalue weighted by atomic mass is 19.1. The normalized spacial score (nSPS) is 10.3. The van der Waals surface area contributed by atoms with E-state index in [0.717, 1.165) is 5.56 Å². The number of nitrogens with zero attached hydrogens (tertiary/aromatic N) is 1. The van der Waals surface area contributed by atoms with Crippen LogP contribution in [0.25, 0.3) is 0 Å². The minimum atomic E-state index is -0.446. The van der Waals surface area contributed by atoms with Crippen LogP contribution in [-0.2, 0) is 11.2 Å². The first-order valence-corrected chi connectivity index (χ1v) is 9.00. The zero-order valence-corrected chi connectivity index (χ0v) is 15.8. The molecule has 0 aliphatic rings. The Labute approximate surface area is 167 Å². The van der Waals surface area contributed by atoms with Crippen LogP contribution in [0.2, 0.25) is 0 Å². The van der Waals surface area contributed by atoms with Crippen molar-refractivity contribution in [2.75, 3.05) is 19.0 Å².